The summed E-state index contributed by atoms with van der Waals surface area (Å²) in [7, 11) is 2.07. The second kappa shape index (κ2) is 3.31. The molecule has 2 aromatic rings. The number of thiophene rings is 1. The Bertz CT molecular complexity index is 485. The van der Waals surface area contributed by atoms with E-state index in [1.165, 1.54) is 26.4 Å². The maximum atomic E-state index is 4.48. The first kappa shape index (κ1) is 9.59. The highest BCUT2D eigenvalue weighted by Gasteiger charge is 2.16. The SMILES string of the molecule is CCc1c2sc(C)c(C)c2nc[n+]1C. The van der Waals surface area contributed by atoms with E-state index in [9.17, 15) is 0 Å². The Morgan fingerprint density at radius 1 is 1.43 bits per heavy atom. The van der Waals surface area contributed by atoms with Gasteiger partial charge in [-0.05, 0) is 18.8 Å². The molecule has 0 radical (unpaired) electrons. The zero-order valence-electron chi connectivity index (χ0n) is 9.09. The van der Waals surface area contributed by atoms with Crippen molar-refractivity contribution in [3.63, 3.8) is 0 Å². The van der Waals surface area contributed by atoms with E-state index in [1.807, 2.05) is 17.7 Å². The Morgan fingerprint density at radius 2 is 2.14 bits per heavy atom. The highest BCUT2D eigenvalue weighted by molar-refractivity contribution is 7.19. The Labute approximate surface area is 88.2 Å². The molecular formula is C11H15N2S+. The van der Waals surface area contributed by atoms with Gasteiger partial charge in [-0.1, -0.05) is 6.92 Å². The van der Waals surface area contributed by atoms with E-state index in [4.69, 9.17) is 0 Å². The molecule has 0 fully saturated rings. The van der Waals surface area contributed by atoms with Crippen LogP contribution in [0.4, 0.5) is 0 Å². The summed E-state index contributed by atoms with van der Waals surface area (Å²) >= 11 is 1.86. The summed E-state index contributed by atoms with van der Waals surface area (Å²) in [4.78, 5) is 5.87. The van der Waals surface area contributed by atoms with Crippen molar-refractivity contribution < 1.29 is 4.57 Å². The largest absolute Gasteiger partial charge is 0.286 e. The average Bonchev–Trinajstić information content (AvgIpc) is 2.43. The van der Waals surface area contributed by atoms with E-state index in [-0.39, 0.29) is 0 Å². The fraction of sp³-hybridized carbons (Fsp3) is 0.455. The number of rotatable bonds is 1. The van der Waals surface area contributed by atoms with Gasteiger partial charge in [-0.2, -0.15) is 0 Å². The third-order valence-corrected chi connectivity index (χ3v) is 3.98. The second-order valence-corrected chi connectivity index (χ2v) is 4.84. The zero-order chi connectivity index (χ0) is 10.3. The van der Waals surface area contributed by atoms with E-state index < -0.39 is 0 Å². The maximum absolute atomic E-state index is 4.48. The first-order chi connectivity index (χ1) is 6.65. The van der Waals surface area contributed by atoms with E-state index >= 15 is 0 Å². The lowest BCUT2D eigenvalue weighted by molar-refractivity contribution is -0.680. The number of aryl methyl sites for hydroxylation is 4. The molecule has 0 aliphatic rings. The van der Waals surface area contributed by atoms with Gasteiger partial charge in [0.05, 0.1) is 7.05 Å². The summed E-state index contributed by atoms with van der Waals surface area (Å²) in [6.07, 6.45) is 2.98. The van der Waals surface area contributed by atoms with E-state index in [2.05, 4.69) is 37.4 Å². The quantitative estimate of drug-likeness (QED) is 0.656. The molecule has 0 saturated heterocycles. The molecule has 0 aromatic carbocycles. The maximum Gasteiger partial charge on any atom is 0.286 e. The van der Waals surface area contributed by atoms with Gasteiger partial charge in [0.25, 0.3) is 6.33 Å². The Hall–Kier alpha value is -0.960. The van der Waals surface area contributed by atoms with E-state index in [0.717, 1.165) is 6.42 Å². The molecule has 2 rings (SSSR count). The van der Waals surface area contributed by atoms with Crippen molar-refractivity contribution in [2.24, 2.45) is 7.05 Å². The van der Waals surface area contributed by atoms with Crippen molar-refractivity contribution in [3.8, 4) is 0 Å². The molecule has 0 saturated carbocycles. The molecule has 0 atom stereocenters. The number of hydrogen-bond acceptors (Lipinski definition) is 2. The normalized spacial score (nSPS) is 11.1. The predicted molar refractivity (Wildman–Crippen MR) is 59.6 cm³/mol. The van der Waals surface area contributed by atoms with Crippen LogP contribution >= 0.6 is 11.3 Å². The van der Waals surface area contributed by atoms with Crippen LogP contribution in [0.2, 0.25) is 0 Å². The van der Waals surface area contributed by atoms with Crippen molar-refractivity contribution in [1.29, 1.82) is 0 Å². The molecular weight excluding hydrogens is 192 g/mol. The molecule has 2 aromatic heterocycles. The van der Waals surface area contributed by atoms with Gasteiger partial charge in [0.15, 0.2) is 5.52 Å². The van der Waals surface area contributed by atoms with Gasteiger partial charge >= 0.3 is 0 Å². The third-order valence-electron chi connectivity index (χ3n) is 2.74. The lowest BCUT2D eigenvalue weighted by atomic mass is 10.2. The molecule has 2 nitrogen and oxygen atoms in total. The molecule has 74 valence electrons. The predicted octanol–water partition coefficient (Wildman–Crippen LogP) is 2.30. The van der Waals surface area contributed by atoms with Crippen LogP contribution in [-0.2, 0) is 13.5 Å². The van der Waals surface area contributed by atoms with Gasteiger partial charge in [0, 0.05) is 16.9 Å². The Morgan fingerprint density at radius 3 is 2.79 bits per heavy atom. The van der Waals surface area contributed by atoms with Gasteiger partial charge in [0.1, 0.15) is 10.4 Å². The minimum Gasteiger partial charge on any atom is -0.236 e. The fourth-order valence-electron chi connectivity index (χ4n) is 1.75. The van der Waals surface area contributed by atoms with Crippen molar-refractivity contribution >= 4 is 21.6 Å². The van der Waals surface area contributed by atoms with Crippen LogP contribution in [0, 0.1) is 13.8 Å². The van der Waals surface area contributed by atoms with Gasteiger partial charge < -0.3 is 0 Å². The number of fused-ring (bicyclic) bond motifs is 1. The van der Waals surface area contributed by atoms with Crippen LogP contribution in [0.1, 0.15) is 23.1 Å². The monoisotopic (exact) mass is 207 g/mol. The van der Waals surface area contributed by atoms with Gasteiger partial charge in [-0.15, -0.1) is 11.3 Å². The molecule has 3 heteroatoms. The highest BCUT2D eigenvalue weighted by Crippen LogP contribution is 2.29. The molecule has 0 aliphatic heterocycles. The van der Waals surface area contributed by atoms with Crippen LogP contribution in [0.3, 0.4) is 0 Å². The third kappa shape index (κ3) is 1.23. The fourth-order valence-corrected chi connectivity index (χ4v) is 3.01. The van der Waals surface area contributed by atoms with Crippen LogP contribution in [-0.4, -0.2) is 4.98 Å². The van der Waals surface area contributed by atoms with Gasteiger partial charge in [-0.25, -0.2) is 4.57 Å². The Kier molecular flexibility index (Phi) is 2.27. The van der Waals surface area contributed by atoms with Crippen molar-refractivity contribution in [1.82, 2.24) is 4.98 Å². The van der Waals surface area contributed by atoms with Crippen molar-refractivity contribution in [2.75, 3.05) is 0 Å². The van der Waals surface area contributed by atoms with Gasteiger partial charge in [-0.3, -0.25) is 0 Å². The van der Waals surface area contributed by atoms with Crippen LogP contribution in [0.15, 0.2) is 6.33 Å². The smallest absolute Gasteiger partial charge is 0.236 e. The van der Waals surface area contributed by atoms with E-state index in [1.54, 1.807) is 0 Å². The molecule has 0 aliphatic carbocycles. The van der Waals surface area contributed by atoms with E-state index in [0.29, 0.717) is 0 Å². The second-order valence-electron chi connectivity index (χ2n) is 3.62. The lowest BCUT2D eigenvalue weighted by Crippen LogP contribution is -2.33. The van der Waals surface area contributed by atoms with Crippen LogP contribution in [0.5, 0.6) is 0 Å². The standard InChI is InChI=1S/C11H15N2S/c1-5-9-11-10(12-6-13(9)4)7(2)8(3)14-11/h6H,5H2,1-4H3/q+1. The summed E-state index contributed by atoms with van der Waals surface area (Å²) in [5, 5.41) is 0. The number of hydrogen-bond donors (Lipinski definition) is 0. The molecule has 0 N–H and O–H groups in total. The number of aromatic nitrogens is 2. The summed E-state index contributed by atoms with van der Waals surface area (Å²) in [5.74, 6) is 0. The minimum atomic E-state index is 1.06. The first-order valence-corrected chi connectivity index (χ1v) is 5.70. The summed E-state index contributed by atoms with van der Waals surface area (Å²) in [5.41, 5.74) is 3.90. The van der Waals surface area contributed by atoms with Crippen LogP contribution in [0.25, 0.3) is 10.2 Å². The summed E-state index contributed by atoms with van der Waals surface area (Å²) < 4.78 is 3.48. The summed E-state index contributed by atoms with van der Waals surface area (Å²) in [6, 6.07) is 0. The average molecular weight is 207 g/mol. The highest BCUT2D eigenvalue weighted by atomic mass is 32.1. The lowest BCUT2D eigenvalue weighted by Gasteiger charge is -1.97. The van der Waals surface area contributed by atoms with Gasteiger partial charge in [0.2, 0.25) is 0 Å². The van der Waals surface area contributed by atoms with Crippen molar-refractivity contribution in [2.45, 2.75) is 27.2 Å². The zero-order valence-corrected chi connectivity index (χ0v) is 9.90. The minimum absolute atomic E-state index is 1.06. The molecule has 2 heterocycles. The number of nitrogens with zero attached hydrogens (tertiary/aromatic N) is 2. The Balaban J connectivity index is 2.88. The van der Waals surface area contributed by atoms with Crippen molar-refractivity contribution in [3.05, 3.63) is 22.5 Å². The molecule has 0 unspecified atom stereocenters. The molecule has 14 heavy (non-hydrogen) atoms. The molecule has 0 spiro atoms. The first-order valence-electron chi connectivity index (χ1n) is 4.88. The summed E-state index contributed by atoms with van der Waals surface area (Å²) in [6.45, 7) is 6.51. The molecule has 0 amide bonds. The molecule has 0 bridgehead atoms. The van der Waals surface area contributed by atoms with Crippen LogP contribution < -0.4 is 4.57 Å². The topological polar surface area (TPSA) is 16.8 Å².